The Morgan fingerprint density at radius 1 is 1.00 bits per heavy atom. The highest BCUT2D eigenvalue weighted by atomic mass is 19.1. The first-order chi connectivity index (χ1) is 16.9. The molecule has 1 heterocycles. The Bertz CT molecular complexity index is 1380. The lowest BCUT2D eigenvalue weighted by Gasteiger charge is -2.15. The third kappa shape index (κ3) is 6.03. The van der Waals surface area contributed by atoms with Gasteiger partial charge in [0.15, 0.2) is 0 Å². The number of carbonyl (C=O) groups excluding carboxylic acids is 2. The molecule has 0 bridgehead atoms. The monoisotopic (exact) mass is 471 g/mol. The van der Waals surface area contributed by atoms with Gasteiger partial charge in [-0.3, -0.25) is 14.5 Å². The Morgan fingerprint density at radius 3 is 2.40 bits per heavy atom. The zero-order chi connectivity index (χ0) is 24.8. The van der Waals surface area contributed by atoms with Crippen molar-refractivity contribution < 1.29 is 18.7 Å². The maximum Gasteiger partial charge on any atom is 0.414 e. The molecule has 2 amide bonds. The molecule has 0 aliphatic carbocycles. The number of amides is 2. The molecule has 1 fully saturated rings. The summed E-state index contributed by atoms with van der Waals surface area (Å²) in [5, 5.41) is 5.41. The van der Waals surface area contributed by atoms with Gasteiger partial charge >= 0.3 is 6.09 Å². The minimum absolute atomic E-state index is 0.0799. The van der Waals surface area contributed by atoms with Crippen molar-refractivity contribution in [3.8, 4) is 11.8 Å². The van der Waals surface area contributed by atoms with Crippen LogP contribution in [0.15, 0.2) is 77.6 Å². The molecule has 4 rings (SSSR count). The summed E-state index contributed by atoms with van der Waals surface area (Å²) >= 11 is 0. The molecule has 2 N–H and O–H groups in total. The average molecular weight is 471 g/mol. The number of anilines is 3. The van der Waals surface area contributed by atoms with E-state index >= 15 is 0 Å². The smallest absolute Gasteiger partial charge is 0.414 e. The van der Waals surface area contributed by atoms with Gasteiger partial charge in [-0.2, -0.15) is 0 Å². The fourth-order valence-corrected chi connectivity index (χ4v) is 3.43. The van der Waals surface area contributed by atoms with Gasteiger partial charge in [0, 0.05) is 18.1 Å². The second-order valence-corrected chi connectivity index (χ2v) is 7.86. The summed E-state index contributed by atoms with van der Waals surface area (Å²) in [6, 6.07) is 19.9. The molecule has 0 spiro atoms. The Morgan fingerprint density at radius 2 is 1.69 bits per heavy atom. The first-order valence-corrected chi connectivity index (χ1v) is 10.9. The largest absolute Gasteiger partial charge is 0.442 e. The van der Waals surface area contributed by atoms with Crippen molar-refractivity contribution in [2.24, 2.45) is 0 Å². The predicted molar refractivity (Wildman–Crippen MR) is 131 cm³/mol. The van der Waals surface area contributed by atoms with E-state index in [0.717, 1.165) is 5.56 Å². The highest BCUT2D eigenvalue weighted by molar-refractivity contribution is 5.90. The highest BCUT2D eigenvalue weighted by Gasteiger charge is 2.32. The maximum absolute atomic E-state index is 14.9. The first-order valence-electron chi connectivity index (χ1n) is 10.9. The van der Waals surface area contributed by atoms with Gasteiger partial charge in [0.05, 0.1) is 30.2 Å². The van der Waals surface area contributed by atoms with E-state index in [0.29, 0.717) is 11.3 Å². The van der Waals surface area contributed by atoms with E-state index in [1.807, 2.05) is 30.3 Å². The molecule has 3 aromatic carbocycles. The van der Waals surface area contributed by atoms with Crippen molar-refractivity contribution in [1.82, 2.24) is 5.32 Å². The number of rotatable bonds is 5. The summed E-state index contributed by atoms with van der Waals surface area (Å²) in [4.78, 5) is 37.0. The van der Waals surface area contributed by atoms with Crippen LogP contribution in [0.25, 0.3) is 0 Å². The molecular weight excluding hydrogens is 449 g/mol. The summed E-state index contributed by atoms with van der Waals surface area (Å²) in [7, 11) is 0. The number of hydrogen-bond donors (Lipinski definition) is 2. The second kappa shape index (κ2) is 10.5. The quantitative estimate of drug-likeness (QED) is 0.553. The van der Waals surface area contributed by atoms with Crippen LogP contribution in [-0.2, 0) is 9.53 Å². The van der Waals surface area contributed by atoms with Crippen LogP contribution < -0.4 is 21.0 Å². The van der Waals surface area contributed by atoms with Crippen molar-refractivity contribution >= 4 is 29.1 Å². The molecule has 35 heavy (non-hydrogen) atoms. The third-order valence-electron chi connectivity index (χ3n) is 5.22. The Balaban J connectivity index is 1.48. The third-order valence-corrected chi connectivity index (χ3v) is 5.22. The van der Waals surface area contributed by atoms with E-state index in [-0.39, 0.29) is 35.8 Å². The van der Waals surface area contributed by atoms with Crippen LogP contribution in [-0.4, -0.2) is 31.2 Å². The van der Waals surface area contributed by atoms with E-state index in [1.54, 1.807) is 24.3 Å². The molecule has 0 unspecified atom stereocenters. The molecule has 1 atom stereocenters. The van der Waals surface area contributed by atoms with E-state index in [1.165, 1.54) is 30.0 Å². The van der Waals surface area contributed by atoms with Gasteiger partial charge in [-0.15, -0.1) is 0 Å². The highest BCUT2D eigenvalue weighted by Crippen LogP contribution is 2.27. The van der Waals surface area contributed by atoms with Crippen molar-refractivity contribution in [2.75, 3.05) is 23.3 Å². The summed E-state index contributed by atoms with van der Waals surface area (Å²) in [6.45, 7) is 1.72. The second-order valence-electron chi connectivity index (χ2n) is 7.86. The zero-order valence-corrected chi connectivity index (χ0v) is 18.9. The number of benzene rings is 2. The van der Waals surface area contributed by atoms with E-state index in [9.17, 15) is 18.8 Å². The average Bonchev–Trinajstić information content (AvgIpc) is 3.13. The number of hydrogen-bond acceptors (Lipinski definition) is 5. The number of nitrogens with zero attached hydrogens (tertiary/aromatic N) is 1. The Hall–Kier alpha value is -4.64. The summed E-state index contributed by atoms with van der Waals surface area (Å²) < 4.78 is 20.1. The maximum atomic E-state index is 14.9. The number of cyclic esters (lactones) is 1. The normalized spacial score (nSPS) is 14.5. The lowest BCUT2D eigenvalue weighted by molar-refractivity contribution is -0.119. The van der Waals surface area contributed by atoms with Crippen molar-refractivity contribution in [1.29, 1.82) is 0 Å². The van der Waals surface area contributed by atoms with Crippen molar-refractivity contribution in [3.05, 3.63) is 100.0 Å². The van der Waals surface area contributed by atoms with E-state index < -0.39 is 18.0 Å². The van der Waals surface area contributed by atoms with Crippen LogP contribution in [0.1, 0.15) is 18.1 Å². The van der Waals surface area contributed by atoms with Gasteiger partial charge in [0.25, 0.3) is 0 Å². The molecule has 0 saturated carbocycles. The molecule has 0 radical (unpaired) electrons. The van der Waals surface area contributed by atoms with Crippen LogP contribution in [0.3, 0.4) is 0 Å². The molecule has 8 heteroatoms. The molecule has 1 aliphatic heterocycles. The Labute approximate surface area is 201 Å². The molecule has 1 aliphatic rings. The van der Waals surface area contributed by atoms with Crippen LogP contribution in [0.4, 0.5) is 26.2 Å². The fourth-order valence-electron chi connectivity index (χ4n) is 3.43. The number of halogens is 1. The Kier molecular flexibility index (Phi) is 7.07. The van der Waals surface area contributed by atoms with E-state index in [4.69, 9.17) is 4.74 Å². The number of nitrogens with one attached hydrogen (secondary N) is 2. The topological polar surface area (TPSA) is 87.7 Å². The molecule has 1 saturated heterocycles. The van der Waals surface area contributed by atoms with Gasteiger partial charge in [0.1, 0.15) is 11.9 Å². The minimum Gasteiger partial charge on any atom is -0.442 e. The number of ether oxygens (including phenoxy) is 1. The lowest BCUT2D eigenvalue weighted by Crippen LogP contribution is -2.33. The van der Waals surface area contributed by atoms with Crippen LogP contribution in [0.2, 0.25) is 0 Å². The van der Waals surface area contributed by atoms with Crippen LogP contribution >= 0.6 is 0 Å². The molecule has 7 nitrogen and oxygen atoms in total. The van der Waals surface area contributed by atoms with Crippen LogP contribution in [0.5, 0.6) is 0 Å². The summed E-state index contributed by atoms with van der Waals surface area (Å²) in [5.74, 6) is 5.16. The first kappa shape index (κ1) is 23.5. The standard InChI is InChI=1S/C27H22FN3O4/c1-18(32)29-16-22-17-31(27(34)35-22)21-11-13-24(23(28)15-21)30-25-12-9-20(10-14-26(25)33)8-7-19-5-3-2-4-6-19/h2-6,9-15,22H,16-17H2,1H3,(H,29,32)(H,30,33)/t22-/m0/s1. The molecule has 3 aromatic rings. The summed E-state index contributed by atoms with van der Waals surface area (Å²) in [5.41, 5.74) is 1.73. The van der Waals surface area contributed by atoms with Gasteiger partial charge in [0.2, 0.25) is 11.3 Å². The van der Waals surface area contributed by atoms with Gasteiger partial charge in [-0.1, -0.05) is 30.0 Å². The molecule has 176 valence electrons. The SMILES string of the molecule is CC(=O)NC[C@H]1CN(c2ccc(Nc3ccc(C#Cc4ccccc4)ccc3=O)c(F)c2)C(=O)O1. The van der Waals surface area contributed by atoms with Crippen molar-refractivity contribution in [2.45, 2.75) is 13.0 Å². The predicted octanol–water partition coefficient (Wildman–Crippen LogP) is 3.79. The van der Waals surface area contributed by atoms with Crippen LogP contribution in [0, 0.1) is 17.7 Å². The van der Waals surface area contributed by atoms with Gasteiger partial charge in [-0.05, 0) is 54.6 Å². The fraction of sp³-hybridized carbons (Fsp3) is 0.148. The number of carbonyl (C=O) groups is 2. The molecular formula is C27H22FN3O4. The van der Waals surface area contributed by atoms with Gasteiger partial charge in [-0.25, -0.2) is 9.18 Å². The van der Waals surface area contributed by atoms with Gasteiger partial charge < -0.3 is 15.4 Å². The minimum atomic E-state index is -0.643. The summed E-state index contributed by atoms with van der Waals surface area (Å²) in [6.07, 6.45) is -1.15. The van der Waals surface area contributed by atoms with Crippen molar-refractivity contribution in [3.63, 3.8) is 0 Å². The zero-order valence-electron chi connectivity index (χ0n) is 18.9. The lowest BCUT2D eigenvalue weighted by atomic mass is 10.2. The van der Waals surface area contributed by atoms with E-state index in [2.05, 4.69) is 22.5 Å². The molecule has 0 aromatic heterocycles.